The Morgan fingerprint density at radius 1 is 1.53 bits per heavy atom. The molecule has 2 nitrogen and oxygen atoms in total. The van der Waals surface area contributed by atoms with Gasteiger partial charge in [-0.1, -0.05) is 12.1 Å². The van der Waals surface area contributed by atoms with Crippen LogP contribution >= 0.6 is 11.3 Å². The number of aliphatic hydroxyl groups is 1. The lowest BCUT2D eigenvalue weighted by Gasteiger charge is -2.07. The Morgan fingerprint density at radius 3 is 3.20 bits per heavy atom. The number of fused-ring (bicyclic) bond motifs is 1. The van der Waals surface area contributed by atoms with Gasteiger partial charge in [0.25, 0.3) is 0 Å². The van der Waals surface area contributed by atoms with E-state index >= 15 is 0 Å². The van der Waals surface area contributed by atoms with Crippen LogP contribution in [0.2, 0.25) is 0 Å². The van der Waals surface area contributed by atoms with Crippen molar-refractivity contribution in [2.24, 2.45) is 0 Å². The van der Waals surface area contributed by atoms with Crippen molar-refractivity contribution < 1.29 is 5.11 Å². The molecule has 0 bridgehead atoms. The summed E-state index contributed by atoms with van der Waals surface area (Å²) in [6, 6.07) is 6.12. The summed E-state index contributed by atoms with van der Waals surface area (Å²) in [5.74, 6) is 0. The molecule has 0 radical (unpaired) electrons. The van der Waals surface area contributed by atoms with Gasteiger partial charge in [-0.25, -0.2) is 4.98 Å². The van der Waals surface area contributed by atoms with Gasteiger partial charge >= 0.3 is 0 Å². The van der Waals surface area contributed by atoms with E-state index in [1.165, 1.54) is 4.70 Å². The van der Waals surface area contributed by atoms with Crippen LogP contribution in [-0.2, 0) is 6.42 Å². The van der Waals surface area contributed by atoms with E-state index in [4.69, 9.17) is 0 Å². The molecule has 3 heteroatoms. The molecule has 15 heavy (non-hydrogen) atoms. The van der Waals surface area contributed by atoms with Crippen LogP contribution in [0.1, 0.15) is 12.0 Å². The monoisotopic (exact) mass is 219 g/mol. The molecule has 1 aromatic carbocycles. The molecule has 0 aliphatic carbocycles. The minimum Gasteiger partial charge on any atom is -0.392 e. The highest BCUT2D eigenvalue weighted by Crippen LogP contribution is 2.20. The number of benzene rings is 1. The highest BCUT2D eigenvalue weighted by atomic mass is 32.1. The van der Waals surface area contributed by atoms with Crippen LogP contribution in [0.25, 0.3) is 10.2 Å². The van der Waals surface area contributed by atoms with Gasteiger partial charge in [-0.15, -0.1) is 17.9 Å². The Hall–Kier alpha value is -1.19. The third-order valence-electron chi connectivity index (χ3n) is 2.31. The predicted molar refractivity (Wildman–Crippen MR) is 64.1 cm³/mol. The Balaban J connectivity index is 2.17. The highest BCUT2D eigenvalue weighted by molar-refractivity contribution is 7.16. The zero-order valence-corrected chi connectivity index (χ0v) is 9.20. The molecule has 0 amide bonds. The first kappa shape index (κ1) is 10.3. The fourth-order valence-electron chi connectivity index (χ4n) is 1.57. The molecule has 2 aromatic rings. The molecule has 0 saturated heterocycles. The summed E-state index contributed by atoms with van der Waals surface area (Å²) in [4.78, 5) is 4.22. The number of thiazole rings is 1. The molecular weight excluding hydrogens is 206 g/mol. The van der Waals surface area contributed by atoms with Crippen LogP contribution in [0, 0.1) is 0 Å². The van der Waals surface area contributed by atoms with Crippen LogP contribution in [0.15, 0.2) is 36.4 Å². The summed E-state index contributed by atoms with van der Waals surface area (Å²) in [6.07, 6.45) is 2.74. The third-order valence-corrected chi connectivity index (χ3v) is 3.10. The third kappa shape index (κ3) is 2.43. The van der Waals surface area contributed by atoms with E-state index in [2.05, 4.69) is 17.6 Å². The molecule has 0 saturated carbocycles. The molecule has 1 unspecified atom stereocenters. The van der Waals surface area contributed by atoms with Crippen molar-refractivity contribution in [3.05, 3.63) is 41.9 Å². The summed E-state index contributed by atoms with van der Waals surface area (Å²) < 4.78 is 1.18. The van der Waals surface area contributed by atoms with Crippen LogP contribution in [0.4, 0.5) is 0 Å². The van der Waals surface area contributed by atoms with E-state index in [1.54, 1.807) is 17.4 Å². The van der Waals surface area contributed by atoms with Crippen molar-refractivity contribution in [1.29, 1.82) is 0 Å². The molecule has 78 valence electrons. The normalized spacial score (nSPS) is 12.9. The number of aliphatic hydroxyl groups excluding tert-OH is 1. The predicted octanol–water partition coefficient (Wildman–Crippen LogP) is 2.78. The number of hydrogen-bond donors (Lipinski definition) is 1. The van der Waals surface area contributed by atoms with Gasteiger partial charge in [-0.05, 0) is 30.5 Å². The van der Waals surface area contributed by atoms with E-state index < -0.39 is 0 Å². The molecule has 0 fully saturated rings. The van der Waals surface area contributed by atoms with E-state index in [1.807, 2.05) is 17.6 Å². The van der Waals surface area contributed by atoms with E-state index in [-0.39, 0.29) is 6.10 Å². The standard InChI is InChI=1S/C12H13NOS/c1-2-3-10(14)6-9-4-5-11-12(7-9)15-8-13-11/h2,4-5,7-8,10,14H,1,3,6H2. The van der Waals surface area contributed by atoms with E-state index in [9.17, 15) is 5.11 Å². The summed E-state index contributed by atoms with van der Waals surface area (Å²) in [7, 11) is 0. The van der Waals surface area contributed by atoms with E-state index in [0.29, 0.717) is 12.8 Å². The minimum absolute atomic E-state index is 0.326. The smallest absolute Gasteiger partial charge is 0.0812 e. The van der Waals surface area contributed by atoms with Crippen LogP contribution in [-0.4, -0.2) is 16.2 Å². The van der Waals surface area contributed by atoms with Crippen molar-refractivity contribution in [3.63, 3.8) is 0 Å². The second-order valence-electron chi connectivity index (χ2n) is 3.54. The van der Waals surface area contributed by atoms with Crippen molar-refractivity contribution in [2.45, 2.75) is 18.9 Å². The maximum absolute atomic E-state index is 9.64. The molecular formula is C12H13NOS. The van der Waals surface area contributed by atoms with Crippen molar-refractivity contribution >= 4 is 21.6 Å². The quantitative estimate of drug-likeness (QED) is 0.802. The first-order chi connectivity index (χ1) is 7.29. The second-order valence-corrected chi connectivity index (χ2v) is 4.42. The fourth-order valence-corrected chi connectivity index (χ4v) is 2.32. The van der Waals surface area contributed by atoms with Crippen LogP contribution in [0.5, 0.6) is 0 Å². The highest BCUT2D eigenvalue weighted by Gasteiger charge is 2.04. The molecule has 1 aromatic heterocycles. The summed E-state index contributed by atoms with van der Waals surface area (Å²) >= 11 is 1.63. The lowest BCUT2D eigenvalue weighted by molar-refractivity contribution is 0.178. The molecule has 1 N–H and O–H groups in total. The average Bonchev–Trinajstić information content (AvgIpc) is 2.65. The summed E-state index contributed by atoms with van der Waals surface area (Å²) in [5, 5.41) is 9.64. The molecule has 1 heterocycles. The van der Waals surface area contributed by atoms with Gasteiger partial charge in [0.1, 0.15) is 0 Å². The first-order valence-corrected chi connectivity index (χ1v) is 5.78. The Morgan fingerprint density at radius 2 is 2.40 bits per heavy atom. The molecule has 0 spiro atoms. The topological polar surface area (TPSA) is 33.1 Å². The van der Waals surface area contributed by atoms with E-state index in [0.717, 1.165) is 11.1 Å². The van der Waals surface area contributed by atoms with Gasteiger partial charge in [0.05, 0.1) is 21.8 Å². The molecule has 0 aliphatic rings. The summed E-state index contributed by atoms with van der Waals surface area (Å²) in [6.45, 7) is 3.62. The second kappa shape index (κ2) is 4.55. The zero-order valence-electron chi connectivity index (χ0n) is 8.39. The van der Waals surface area contributed by atoms with Crippen LogP contribution < -0.4 is 0 Å². The Kier molecular flexibility index (Phi) is 3.14. The van der Waals surface area contributed by atoms with Crippen molar-refractivity contribution in [1.82, 2.24) is 4.98 Å². The molecule has 0 aliphatic heterocycles. The fraction of sp³-hybridized carbons (Fsp3) is 0.250. The number of rotatable bonds is 4. The van der Waals surface area contributed by atoms with Gasteiger partial charge in [0, 0.05) is 0 Å². The van der Waals surface area contributed by atoms with Crippen molar-refractivity contribution in [3.8, 4) is 0 Å². The van der Waals surface area contributed by atoms with Gasteiger partial charge in [-0.2, -0.15) is 0 Å². The number of aromatic nitrogens is 1. The zero-order chi connectivity index (χ0) is 10.7. The van der Waals surface area contributed by atoms with Gasteiger partial charge in [0.15, 0.2) is 0 Å². The maximum Gasteiger partial charge on any atom is 0.0812 e. The lowest BCUT2D eigenvalue weighted by atomic mass is 10.1. The first-order valence-electron chi connectivity index (χ1n) is 4.90. The molecule has 1 atom stereocenters. The maximum atomic E-state index is 9.64. The van der Waals surface area contributed by atoms with Crippen LogP contribution in [0.3, 0.4) is 0 Å². The largest absolute Gasteiger partial charge is 0.392 e. The van der Waals surface area contributed by atoms with Gasteiger partial charge < -0.3 is 5.11 Å². The summed E-state index contributed by atoms with van der Waals surface area (Å²) in [5.41, 5.74) is 4.03. The minimum atomic E-state index is -0.326. The lowest BCUT2D eigenvalue weighted by Crippen LogP contribution is -2.08. The molecule has 2 rings (SSSR count). The SMILES string of the molecule is C=CCC(O)Cc1ccc2ncsc2c1. The Bertz CT molecular complexity index is 463. The average molecular weight is 219 g/mol. The number of hydrogen-bond acceptors (Lipinski definition) is 3. The van der Waals surface area contributed by atoms with Gasteiger partial charge in [0.2, 0.25) is 0 Å². The van der Waals surface area contributed by atoms with Gasteiger partial charge in [-0.3, -0.25) is 0 Å². The van der Waals surface area contributed by atoms with Crippen molar-refractivity contribution in [2.75, 3.05) is 0 Å². The Labute approximate surface area is 92.9 Å². The number of nitrogens with zero attached hydrogens (tertiary/aromatic N) is 1.